The van der Waals surface area contributed by atoms with Gasteiger partial charge in [0.25, 0.3) is 5.89 Å². The minimum atomic E-state index is -1.01. The van der Waals surface area contributed by atoms with Gasteiger partial charge in [0.2, 0.25) is 5.82 Å². The molecule has 0 spiro atoms. The lowest BCUT2D eigenvalue weighted by Crippen LogP contribution is -1.86. The third-order valence-corrected chi connectivity index (χ3v) is 2.68. The molecule has 1 heterocycles. The minimum absolute atomic E-state index is 0.0307. The molecule has 3 rings (SSSR count). The topological polar surface area (TPSA) is 38.9 Å². The van der Waals surface area contributed by atoms with Crippen LogP contribution in [0, 0.1) is 17.5 Å². The number of hydrogen-bond donors (Lipinski definition) is 0. The molecule has 6 heteroatoms. The highest BCUT2D eigenvalue weighted by Crippen LogP contribution is 2.23. The lowest BCUT2D eigenvalue weighted by Gasteiger charge is -1.95. The van der Waals surface area contributed by atoms with E-state index in [-0.39, 0.29) is 17.3 Å². The van der Waals surface area contributed by atoms with Crippen LogP contribution in [0.4, 0.5) is 13.2 Å². The zero-order chi connectivity index (χ0) is 14.1. The fraction of sp³-hybridized carbons (Fsp3) is 0. The lowest BCUT2D eigenvalue weighted by atomic mass is 10.2. The first-order valence-corrected chi connectivity index (χ1v) is 5.68. The van der Waals surface area contributed by atoms with Gasteiger partial charge in [-0.15, -0.1) is 0 Å². The van der Waals surface area contributed by atoms with Gasteiger partial charge in [0.15, 0.2) is 11.6 Å². The molecule has 0 bridgehead atoms. The Morgan fingerprint density at radius 3 is 2.45 bits per heavy atom. The van der Waals surface area contributed by atoms with E-state index in [1.165, 1.54) is 24.3 Å². The Kier molecular flexibility index (Phi) is 2.98. The largest absolute Gasteiger partial charge is 0.334 e. The predicted octanol–water partition coefficient (Wildman–Crippen LogP) is 3.82. The maximum Gasteiger partial charge on any atom is 0.258 e. The molecule has 0 amide bonds. The molecule has 0 radical (unpaired) electrons. The summed E-state index contributed by atoms with van der Waals surface area (Å²) in [5.74, 6) is -2.19. The van der Waals surface area contributed by atoms with Crippen LogP contribution in [0.5, 0.6) is 0 Å². The van der Waals surface area contributed by atoms with Crippen LogP contribution >= 0.6 is 0 Å². The van der Waals surface area contributed by atoms with Crippen molar-refractivity contribution >= 4 is 0 Å². The zero-order valence-corrected chi connectivity index (χ0v) is 9.98. The molecule has 0 saturated carbocycles. The van der Waals surface area contributed by atoms with E-state index in [2.05, 4.69) is 10.1 Å². The molecule has 2 aromatic carbocycles. The summed E-state index contributed by atoms with van der Waals surface area (Å²) in [6.07, 6.45) is 0. The van der Waals surface area contributed by atoms with Gasteiger partial charge >= 0.3 is 0 Å². The van der Waals surface area contributed by atoms with Crippen LogP contribution in [-0.2, 0) is 0 Å². The van der Waals surface area contributed by atoms with Gasteiger partial charge in [-0.05, 0) is 30.3 Å². The van der Waals surface area contributed by atoms with Gasteiger partial charge in [-0.1, -0.05) is 17.3 Å². The second-order valence-electron chi connectivity index (χ2n) is 4.06. The number of hydrogen-bond acceptors (Lipinski definition) is 3. The smallest absolute Gasteiger partial charge is 0.258 e. The maximum atomic E-state index is 13.1. The van der Waals surface area contributed by atoms with E-state index in [9.17, 15) is 13.2 Å². The Morgan fingerprint density at radius 2 is 1.70 bits per heavy atom. The lowest BCUT2D eigenvalue weighted by molar-refractivity contribution is 0.431. The first kappa shape index (κ1) is 12.4. The van der Waals surface area contributed by atoms with Gasteiger partial charge in [-0.3, -0.25) is 0 Å². The fourth-order valence-electron chi connectivity index (χ4n) is 1.71. The summed E-state index contributed by atoms with van der Waals surface area (Å²) < 4.78 is 44.0. The van der Waals surface area contributed by atoms with E-state index in [1.54, 1.807) is 6.07 Å². The van der Waals surface area contributed by atoms with Crippen LogP contribution in [0.3, 0.4) is 0 Å². The second-order valence-corrected chi connectivity index (χ2v) is 4.06. The van der Waals surface area contributed by atoms with Crippen molar-refractivity contribution in [3.05, 3.63) is 59.9 Å². The molecule has 0 N–H and O–H groups in total. The van der Waals surface area contributed by atoms with E-state index >= 15 is 0 Å². The van der Waals surface area contributed by atoms with Crippen LogP contribution in [-0.4, -0.2) is 10.1 Å². The van der Waals surface area contributed by atoms with E-state index in [0.29, 0.717) is 5.56 Å². The average molecular weight is 276 g/mol. The van der Waals surface area contributed by atoms with Crippen LogP contribution < -0.4 is 0 Å². The maximum absolute atomic E-state index is 13.1. The van der Waals surface area contributed by atoms with Crippen molar-refractivity contribution in [1.82, 2.24) is 10.1 Å². The Labute approximate surface area is 111 Å². The van der Waals surface area contributed by atoms with Crippen LogP contribution in [0.15, 0.2) is 47.0 Å². The van der Waals surface area contributed by atoms with Crippen LogP contribution in [0.25, 0.3) is 22.8 Å². The summed E-state index contributed by atoms with van der Waals surface area (Å²) in [5, 5.41) is 3.69. The molecule has 0 aliphatic rings. The summed E-state index contributed by atoms with van der Waals surface area (Å²) in [7, 11) is 0. The number of nitrogens with zero attached hydrogens (tertiary/aromatic N) is 2. The molecule has 1 aromatic heterocycles. The van der Waals surface area contributed by atoms with Crippen molar-refractivity contribution in [3.8, 4) is 22.8 Å². The zero-order valence-electron chi connectivity index (χ0n) is 9.98. The second kappa shape index (κ2) is 4.80. The van der Waals surface area contributed by atoms with Gasteiger partial charge in [0, 0.05) is 11.1 Å². The standard InChI is InChI=1S/C14H7F3N2O/c15-10-3-1-2-8(6-10)13-18-14(20-19-13)9-4-5-11(16)12(17)7-9/h1-7H. The molecule has 3 nitrogen and oxygen atoms in total. The summed E-state index contributed by atoms with van der Waals surface area (Å²) in [5.41, 5.74) is 0.682. The molecule has 0 aliphatic carbocycles. The molecule has 0 fully saturated rings. The Balaban J connectivity index is 1.99. The predicted molar refractivity (Wildman–Crippen MR) is 65.0 cm³/mol. The summed E-state index contributed by atoms with van der Waals surface area (Å²) in [4.78, 5) is 4.03. The first-order valence-electron chi connectivity index (χ1n) is 5.68. The summed E-state index contributed by atoms with van der Waals surface area (Å²) in [6.45, 7) is 0. The Bertz CT molecular complexity index is 771. The molecule has 100 valence electrons. The average Bonchev–Trinajstić information content (AvgIpc) is 2.92. The molecular formula is C14H7F3N2O. The van der Waals surface area contributed by atoms with Crippen molar-refractivity contribution in [1.29, 1.82) is 0 Å². The van der Waals surface area contributed by atoms with Gasteiger partial charge in [0.1, 0.15) is 5.82 Å². The molecule has 0 atom stereocenters. The van der Waals surface area contributed by atoms with Crippen molar-refractivity contribution in [2.45, 2.75) is 0 Å². The van der Waals surface area contributed by atoms with E-state index < -0.39 is 17.5 Å². The summed E-state index contributed by atoms with van der Waals surface area (Å²) in [6, 6.07) is 8.91. The third kappa shape index (κ3) is 2.27. The van der Waals surface area contributed by atoms with Crippen LogP contribution in [0.1, 0.15) is 0 Å². The number of aromatic nitrogens is 2. The molecular weight excluding hydrogens is 269 g/mol. The van der Waals surface area contributed by atoms with E-state index in [4.69, 9.17) is 4.52 Å². The highest BCUT2D eigenvalue weighted by molar-refractivity contribution is 5.59. The number of halogens is 3. The van der Waals surface area contributed by atoms with Gasteiger partial charge in [0.05, 0.1) is 0 Å². The van der Waals surface area contributed by atoms with E-state index in [0.717, 1.165) is 12.1 Å². The Hall–Kier alpha value is -2.63. The SMILES string of the molecule is Fc1cccc(-c2noc(-c3ccc(F)c(F)c3)n2)c1. The quantitative estimate of drug-likeness (QED) is 0.714. The fourth-order valence-corrected chi connectivity index (χ4v) is 1.71. The molecule has 3 aromatic rings. The van der Waals surface area contributed by atoms with Gasteiger partial charge < -0.3 is 4.52 Å². The molecule has 20 heavy (non-hydrogen) atoms. The first-order chi connectivity index (χ1) is 9.63. The van der Waals surface area contributed by atoms with Crippen molar-refractivity contribution in [2.75, 3.05) is 0 Å². The summed E-state index contributed by atoms with van der Waals surface area (Å²) >= 11 is 0. The molecule has 0 aliphatic heterocycles. The molecule has 0 saturated heterocycles. The van der Waals surface area contributed by atoms with Gasteiger partial charge in [-0.2, -0.15) is 4.98 Å². The van der Waals surface area contributed by atoms with Crippen LogP contribution in [0.2, 0.25) is 0 Å². The monoisotopic (exact) mass is 276 g/mol. The normalized spacial score (nSPS) is 10.8. The number of benzene rings is 2. The molecule has 0 unspecified atom stereocenters. The highest BCUT2D eigenvalue weighted by Gasteiger charge is 2.13. The number of rotatable bonds is 2. The third-order valence-electron chi connectivity index (χ3n) is 2.68. The van der Waals surface area contributed by atoms with Crippen molar-refractivity contribution < 1.29 is 17.7 Å². The van der Waals surface area contributed by atoms with Crippen molar-refractivity contribution in [2.24, 2.45) is 0 Å². The highest BCUT2D eigenvalue weighted by atomic mass is 19.2. The van der Waals surface area contributed by atoms with E-state index in [1.807, 2.05) is 0 Å². The van der Waals surface area contributed by atoms with Crippen molar-refractivity contribution in [3.63, 3.8) is 0 Å². The Morgan fingerprint density at radius 1 is 0.850 bits per heavy atom. The van der Waals surface area contributed by atoms with Gasteiger partial charge in [-0.25, -0.2) is 13.2 Å². The minimum Gasteiger partial charge on any atom is -0.334 e.